The van der Waals surface area contributed by atoms with E-state index in [1.54, 1.807) is 0 Å². The van der Waals surface area contributed by atoms with Crippen molar-refractivity contribution in [3.63, 3.8) is 0 Å². The first kappa shape index (κ1) is 15.7. The van der Waals surface area contributed by atoms with Gasteiger partial charge >= 0.3 is 0 Å². The van der Waals surface area contributed by atoms with Crippen LogP contribution < -0.4 is 10.6 Å². The van der Waals surface area contributed by atoms with Crippen LogP contribution in [0.25, 0.3) is 0 Å². The summed E-state index contributed by atoms with van der Waals surface area (Å²) in [5, 5.41) is 7.20. The highest BCUT2D eigenvalue weighted by molar-refractivity contribution is 5.48. The van der Waals surface area contributed by atoms with Crippen molar-refractivity contribution >= 4 is 5.69 Å². The predicted octanol–water partition coefficient (Wildman–Crippen LogP) is 4.73. The molecular formula is C19H28N2. The normalized spacial score (nSPS) is 22.8. The van der Waals surface area contributed by atoms with Crippen molar-refractivity contribution in [2.75, 3.05) is 5.32 Å². The van der Waals surface area contributed by atoms with Crippen LogP contribution in [0.2, 0.25) is 0 Å². The van der Waals surface area contributed by atoms with Gasteiger partial charge in [0.1, 0.15) is 0 Å². The van der Waals surface area contributed by atoms with Crippen LogP contribution in [0.3, 0.4) is 0 Å². The van der Waals surface area contributed by atoms with Crippen LogP contribution in [-0.2, 0) is 0 Å². The number of benzene rings is 1. The molecule has 1 aromatic carbocycles. The first-order valence-corrected chi connectivity index (χ1v) is 7.96. The lowest BCUT2D eigenvalue weighted by molar-refractivity contribution is 0.471. The van der Waals surface area contributed by atoms with Gasteiger partial charge in [-0.25, -0.2) is 0 Å². The molecule has 2 rings (SSSR count). The summed E-state index contributed by atoms with van der Waals surface area (Å²) in [4.78, 5) is 0. The van der Waals surface area contributed by atoms with Gasteiger partial charge in [-0.3, -0.25) is 0 Å². The van der Waals surface area contributed by atoms with Crippen molar-refractivity contribution in [1.29, 1.82) is 0 Å². The van der Waals surface area contributed by atoms with Crippen LogP contribution in [-0.4, -0.2) is 11.6 Å². The van der Waals surface area contributed by atoms with Crippen molar-refractivity contribution in [2.45, 2.75) is 52.1 Å². The molecule has 0 amide bonds. The Hall–Kier alpha value is -1.70. The van der Waals surface area contributed by atoms with Gasteiger partial charge in [0.15, 0.2) is 0 Å². The zero-order chi connectivity index (χ0) is 15.3. The summed E-state index contributed by atoms with van der Waals surface area (Å²) < 4.78 is 0. The summed E-state index contributed by atoms with van der Waals surface area (Å²) in [6.07, 6.45) is 8.97. The molecule has 2 heteroatoms. The fourth-order valence-corrected chi connectivity index (χ4v) is 2.83. The Morgan fingerprint density at radius 3 is 2.43 bits per heavy atom. The molecule has 21 heavy (non-hydrogen) atoms. The van der Waals surface area contributed by atoms with E-state index in [4.69, 9.17) is 0 Å². The van der Waals surface area contributed by atoms with Crippen LogP contribution in [0, 0.1) is 5.92 Å². The molecule has 2 unspecified atom stereocenters. The SMILES string of the molecule is CC(C)CC(C)NC1=CCC(C)(Nc2ccccc2)C=C1. The molecule has 2 atom stereocenters. The number of anilines is 1. The first-order valence-electron chi connectivity index (χ1n) is 7.96. The topological polar surface area (TPSA) is 24.1 Å². The summed E-state index contributed by atoms with van der Waals surface area (Å²) in [7, 11) is 0. The Bertz CT molecular complexity index is 502. The smallest absolute Gasteiger partial charge is 0.0567 e. The monoisotopic (exact) mass is 284 g/mol. The number of hydrogen-bond acceptors (Lipinski definition) is 2. The molecule has 0 spiro atoms. The largest absolute Gasteiger partial charge is 0.383 e. The molecule has 0 saturated carbocycles. The molecule has 2 N–H and O–H groups in total. The minimum absolute atomic E-state index is 0.00613. The second-order valence-corrected chi connectivity index (χ2v) is 6.78. The lowest BCUT2D eigenvalue weighted by Gasteiger charge is -2.31. The first-order chi connectivity index (χ1) is 9.97. The fourth-order valence-electron chi connectivity index (χ4n) is 2.83. The summed E-state index contributed by atoms with van der Waals surface area (Å²) in [5.41, 5.74) is 2.41. The summed E-state index contributed by atoms with van der Waals surface area (Å²) in [6.45, 7) is 9.03. The second kappa shape index (κ2) is 6.84. The standard InChI is InChI=1S/C19H28N2/c1-15(2)14-16(3)20-17-10-12-19(4,13-11-17)21-18-8-6-5-7-9-18/h5-12,15-16,20-21H,13-14H2,1-4H3. The molecule has 0 heterocycles. The average molecular weight is 284 g/mol. The van der Waals surface area contributed by atoms with Crippen LogP contribution in [0.15, 0.2) is 54.3 Å². The molecule has 0 aliphatic heterocycles. The maximum Gasteiger partial charge on any atom is 0.0567 e. The molecule has 0 fully saturated rings. The highest BCUT2D eigenvalue weighted by atomic mass is 15.0. The van der Waals surface area contributed by atoms with Gasteiger partial charge in [-0.1, -0.05) is 44.2 Å². The third-order valence-corrected chi connectivity index (χ3v) is 3.82. The van der Waals surface area contributed by atoms with E-state index in [2.05, 4.69) is 80.8 Å². The number of hydrogen-bond donors (Lipinski definition) is 2. The van der Waals surface area contributed by atoms with Crippen LogP contribution in [0.4, 0.5) is 5.69 Å². The highest BCUT2D eigenvalue weighted by Gasteiger charge is 2.22. The van der Waals surface area contributed by atoms with Crippen LogP contribution in [0.5, 0.6) is 0 Å². The van der Waals surface area contributed by atoms with Crippen LogP contribution in [0.1, 0.15) is 40.5 Å². The van der Waals surface area contributed by atoms with Crippen molar-refractivity contribution in [1.82, 2.24) is 5.32 Å². The predicted molar refractivity (Wildman–Crippen MR) is 92.4 cm³/mol. The lowest BCUT2D eigenvalue weighted by Crippen LogP contribution is -2.35. The van der Waals surface area contributed by atoms with Crippen LogP contribution >= 0.6 is 0 Å². The Morgan fingerprint density at radius 2 is 1.86 bits per heavy atom. The number of para-hydroxylation sites is 1. The van der Waals surface area contributed by atoms with Gasteiger partial charge in [0, 0.05) is 17.4 Å². The van der Waals surface area contributed by atoms with E-state index in [1.807, 2.05) is 6.07 Å². The molecule has 0 radical (unpaired) electrons. The third kappa shape index (κ3) is 4.96. The van der Waals surface area contributed by atoms with E-state index in [0.717, 1.165) is 12.3 Å². The van der Waals surface area contributed by atoms with Gasteiger partial charge in [-0.15, -0.1) is 0 Å². The van der Waals surface area contributed by atoms with Crippen molar-refractivity contribution in [3.05, 3.63) is 54.3 Å². The number of rotatable bonds is 6. The summed E-state index contributed by atoms with van der Waals surface area (Å²) in [5.74, 6) is 0.727. The molecule has 0 bridgehead atoms. The molecule has 0 aromatic heterocycles. The van der Waals surface area contributed by atoms with Gasteiger partial charge in [-0.05, 0) is 50.8 Å². The molecule has 1 aliphatic rings. The summed E-state index contributed by atoms with van der Waals surface area (Å²) in [6, 6.07) is 10.9. The number of nitrogens with one attached hydrogen (secondary N) is 2. The van der Waals surface area contributed by atoms with Gasteiger partial charge < -0.3 is 10.6 Å². The maximum atomic E-state index is 3.60. The molecule has 2 nitrogen and oxygen atoms in total. The average Bonchev–Trinajstić information content (AvgIpc) is 2.42. The fraction of sp³-hybridized carbons (Fsp3) is 0.474. The van der Waals surface area contributed by atoms with E-state index in [9.17, 15) is 0 Å². The molecule has 0 saturated heterocycles. The van der Waals surface area contributed by atoms with E-state index in [-0.39, 0.29) is 5.54 Å². The highest BCUT2D eigenvalue weighted by Crippen LogP contribution is 2.25. The molecular weight excluding hydrogens is 256 g/mol. The van der Waals surface area contributed by atoms with Gasteiger partial charge in [0.05, 0.1) is 5.54 Å². The Kier molecular flexibility index (Phi) is 5.11. The molecule has 1 aliphatic carbocycles. The van der Waals surface area contributed by atoms with E-state index < -0.39 is 0 Å². The Labute approximate surface area is 129 Å². The Balaban J connectivity index is 1.91. The second-order valence-electron chi connectivity index (χ2n) is 6.78. The van der Waals surface area contributed by atoms with E-state index in [1.165, 1.54) is 17.8 Å². The van der Waals surface area contributed by atoms with Gasteiger partial charge in [0.25, 0.3) is 0 Å². The maximum absolute atomic E-state index is 3.60. The lowest BCUT2D eigenvalue weighted by atomic mass is 9.91. The van der Waals surface area contributed by atoms with E-state index >= 15 is 0 Å². The summed E-state index contributed by atoms with van der Waals surface area (Å²) >= 11 is 0. The van der Waals surface area contributed by atoms with E-state index in [0.29, 0.717) is 6.04 Å². The van der Waals surface area contributed by atoms with Crippen molar-refractivity contribution in [2.24, 2.45) is 5.92 Å². The number of allylic oxidation sites excluding steroid dienone is 1. The molecule has 1 aromatic rings. The Morgan fingerprint density at radius 1 is 1.14 bits per heavy atom. The minimum atomic E-state index is -0.00613. The quantitative estimate of drug-likeness (QED) is 0.789. The van der Waals surface area contributed by atoms with Gasteiger partial charge in [-0.2, -0.15) is 0 Å². The van der Waals surface area contributed by atoms with Gasteiger partial charge in [0.2, 0.25) is 0 Å². The third-order valence-electron chi connectivity index (χ3n) is 3.82. The van der Waals surface area contributed by atoms with Crippen molar-refractivity contribution < 1.29 is 0 Å². The molecule has 114 valence electrons. The zero-order valence-electron chi connectivity index (χ0n) is 13.7. The zero-order valence-corrected chi connectivity index (χ0v) is 13.7. The minimum Gasteiger partial charge on any atom is -0.383 e. The van der Waals surface area contributed by atoms with Crippen molar-refractivity contribution in [3.8, 4) is 0 Å².